The van der Waals surface area contributed by atoms with Crippen LogP contribution in [0.5, 0.6) is 0 Å². The Morgan fingerprint density at radius 2 is 2.50 bits per heavy atom. The van der Waals surface area contributed by atoms with Gasteiger partial charge < -0.3 is 4.74 Å². The van der Waals surface area contributed by atoms with Gasteiger partial charge >= 0.3 is 0 Å². The highest BCUT2D eigenvalue weighted by Gasteiger charge is 2.24. The highest BCUT2D eigenvalue weighted by atomic mass is 19.1. The number of halogens is 1. The van der Waals surface area contributed by atoms with Crippen molar-refractivity contribution in [2.75, 3.05) is 13.2 Å². The summed E-state index contributed by atoms with van der Waals surface area (Å²) in [4.78, 5) is 0. The Hall–Kier alpha value is -0.620. The summed E-state index contributed by atoms with van der Waals surface area (Å²) in [5.74, 6) is -0.182. The first-order valence-corrected chi connectivity index (χ1v) is 3.43. The van der Waals surface area contributed by atoms with Crippen LogP contribution in [-0.4, -0.2) is 19.4 Å². The van der Waals surface area contributed by atoms with Crippen LogP contribution in [0.15, 0.2) is 0 Å². The van der Waals surface area contributed by atoms with Gasteiger partial charge in [-0.2, -0.15) is 5.26 Å². The van der Waals surface area contributed by atoms with E-state index in [0.717, 1.165) is 0 Å². The SMILES string of the molecule is N#CCC1COCCC1F. The van der Waals surface area contributed by atoms with Crippen LogP contribution in [0, 0.1) is 17.2 Å². The number of ether oxygens (including phenoxy) is 1. The van der Waals surface area contributed by atoms with Crippen LogP contribution in [0.3, 0.4) is 0 Å². The van der Waals surface area contributed by atoms with E-state index in [0.29, 0.717) is 19.6 Å². The van der Waals surface area contributed by atoms with Crippen molar-refractivity contribution in [2.24, 2.45) is 5.92 Å². The highest BCUT2D eigenvalue weighted by Crippen LogP contribution is 2.20. The van der Waals surface area contributed by atoms with E-state index in [1.807, 2.05) is 6.07 Å². The second kappa shape index (κ2) is 3.52. The minimum atomic E-state index is -0.826. The molecule has 0 aromatic carbocycles. The molecule has 1 aliphatic heterocycles. The molecule has 0 spiro atoms. The lowest BCUT2D eigenvalue weighted by Crippen LogP contribution is -2.28. The topological polar surface area (TPSA) is 33.0 Å². The van der Waals surface area contributed by atoms with Crippen molar-refractivity contribution in [2.45, 2.75) is 19.0 Å². The van der Waals surface area contributed by atoms with Crippen molar-refractivity contribution < 1.29 is 9.13 Å². The molecule has 0 radical (unpaired) electrons. The summed E-state index contributed by atoms with van der Waals surface area (Å²) in [6, 6.07) is 1.95. The number of alkyl halides is 1. The second-order valence-electron chi connectivity index (χ2n) is 2.50. The summed E-state index contributed by atoms with van der Waals surface area (Å²) < 4.78 is 17.8. The highest BCUT2D eigenvalue weighted by molar-refractivity contribution is 4.82. The van der Waals surface area contributed by atoms with Gasteiger partial charge in [0.1, 0.15) is 6.17 Å². The van der Waals surface area contributed by atoms with Crippen molar-refractivity contribution in [3.8, 4) is 6.07 Å². The lowest BCUT2D eigenvalue weighted by atomic mass is 9.97. The monoisotopic (exact) mass is 143 g/mol. The van der Waals surface area contributed by atoms with Gasteiger partial charge in [0, 0.05) is 25.4 Å². The fourth-order valence-corrected chi connectivity index (χ4v) is 1.07. The molecule has 1 fully saturated rings. The zero-order valence-corrected chi connectivity index (χ0v) is 5.72. The summed E-state index contributed by atoms with van der Waals surface area (Å²) in [6.07, 6.45) is -0.0959. The summed E-state index contributed by atoms with van der Waals surface area (Å²) in [5.41, 5.74) is 0. The molecule has 0 aromatic heterocycles. The van der Waals surface area contributed by atoms with Crippen molar-refractivity contribution >= 4 is 0 Å². The van der Waals surface area contributed by atoms with E-state index >= 15 is 0 Å². The van der Waals surface area contributed by atoms with Crippen LogP contribution in [-0.2, 0) is 4.74 Å². The van der Waals surface area contributed by atoms with Gasteiger partial charge in [0.05, 0.1) is 12.7 Å². The molecule has 0 amide bonds. The molecule has 0 aromatic rings. The standard InChI is InChI=1S/C7H10FNO/c8-7-2-4-10-5-6(7)1-3-9/h6-7H,1-2,4-5H2. The van der Waals surface area contributed by atoms with Crippen LogP contribution in [0.1, 0.15) is 12.8 Å². The molecule has 0 aliphatic carbocycles. The van der Waals surface area contributed by atoms with E-state index < -0.39 is 6.17 Å². The Morgan fingerprint density at radius 1 is 1.70 bits per heavy atom. The molecule has 0 bridgehead atoms. The molecule has 10 heavy (non-hydrogen) atoms. The Balaban J connectivity index is 2.34. The summed E-state index contributed by atoms with van der Waals surface area (Å²) in [6.45, 7) is 0.915. The van der Waals surface area contributed by atoms with Gasteiger partial charge in [-0.3, -0.25) is 0 Å². The third kappa shape index (κ3) is 1.68. The molecule has 2 unspecified atom stereocenters. The summed E-state index contributed by atoms with van der Waals surface area (Å²) in [5, 5.41) is 8.26. The Labute approximate surface area is 59.6 Å². The predicted molar refractivity (Wildman–Crippen MR) is 34.1 cm³/mol. The van der Waals surface area contributed by atoms with Gasteiger partial charge in [-0.15, -0.1) is 0 Å². The molecule has 1 rings (SSSR count). The molecule has 0 saturated carbocycles. The van der Waals surface area contributed by atoms with Gasteiger partial charge in [-0.25, -0.2) is 4.39 Å². The molecule has 2 atom stereocenters. The van der Waals surface area contributed by atoms with Crippen LogP contribution in [0.2, 0.25) is 0 Å². The molecule has 1 saturated heterocycles. The van der Waals surface area contributed by atoms with E-state index in [1.165, 1.54) is 0 Å². The zero-order chi connectivity index (χ0) is 7.40. The Kier molecular flexibility index (Phi) is 2.64. The number of rotatable bonds is 1. The van der Waals surface area contributed by atoms with E-state index in [2.05, 4.69) is 0 Å². The van der Waals surface area contributed by atoms with Gasteiger partial charge in [-0.05, 0) is 0 Å². The van der Waals surface area contributed by atoms with Crippen molar-refractivity contribution in [3.05, 3.63) is 0 Å². The number of hydrogen-bond donors (Lipinski definition) is 0. The zero-order valence-electron chi connectivity index (χ0n) is 5.72. The van der Waals surface area contributed by atoms with Gasteiger partial charge in [0.2, 0.25) is 0 Å². The third-order valence-electron chi connectivity index (χ3n) is 1.73. The van der Waals surface area contributed by atoms with Crippen LogP contribution < -0.4 is 0 Å². The van der Waals surface area contributed by atoms with Gasteiger partial charge in [-0.1, -0.05) is 0 Å². The molecular weight excluding hydrogens is 133 g/mol. The van der Waals surface area contributed by atoms with E-state index in [1.54, 1.807) is 0 Å². The van der Waals surface area contributed by atoms with Crippen LogP contribution >= 0.6 is 0 Å². The minimum absolute atomic E-state index is 0.182. The predicted octanol–water partition coefficient (Wildman–Crippen LogP) is 1.27. The largest absolute Gasteiger partial charge is 0.381 e. The van der Waals surface area contributed by atoms with Crippen molar-refractivity contribution in [1.82, 2.24) is 0 Å². The average Bonchev–Trinajstić information content (AvgIpc) is 1.94. The number of nitriles is 1. The maximum atomic E-state index is 12.8. The van der Waals surface area contributed by atoms with Crippen molar-refractivity contribution in [3.63, 3.8) is 0 Å². The number of hydrogen-bond acceptors (Lipinski definition) is 2. The van der Waals surface area contributed by atoms with E-state index in [4.69, 9.17) is 10.00 Å². The average molecular weight is 143 g/mol. The Morgan fingerprint density at radius 3 is 3.10 bits per heavy atom. The van der Waals surface area contributed by atoms with Gasteiger partial charge in [0.15, 0.2) is 0 Å². The fraction of sp³-hybridized carbons (Fsp3) is 0.857. The first-order valence-electron chi connectivity index (χ1n) is 3.43. The maximum absolute atomic E-state index is 12.8. The molecule has 2 nitrogen and oxygen atoms in total. The summed E-state index contributed by atoms with van der Waals surface area (Å²) in [7, 11) is 0. The lowest BCUT2D eigenvalue weighted by molar-refractivity contribution is 0.00382. The van der Waals surface area contributed by atoms with Gasteiger partial charge in [0.25, 0.3) is 0 Å². The Bertz CT molecular complexity index is 143. The molecule has 3 heteroatoms. The first-order chi connectivity index (χ1) is 4.84. The molecular formula is C7H10FNO. The van der Waals surface area contributed by atoms with Crippen molar-refractivity contribution in [1.29, 1.82) is 5.26 Å². The van der Waals surface area contributed by atoms with E-state index in [-0.39, 0.29) is 12.3 Å². The minimum Gasteiger partial charge on any atom is -0.381 e. The first kappa shape index (κ1) is 7.49. The molecule has 1 aliphatic rings. The smallest absolute Gasteiger partial charge is 0.108 e. The maximum Gasteiger partial charge on any atom is 0.108 e. The molecule has 0 N–H and O–H groups in total. The molecule has 56 valence electrons. The van der Waals surface area contributed by atoms with Crippen LogP contribution in [0.25, 0.3) is 0 Å². The molecule has 1 heterocycles. The summed E-state index contributed by atoms with van der Waals surface area (Å²) >= 11 is 0. The van der Waals surface area contributed by atoms with Crippen LogP contribution in [0.4, 0.5) is 4.39 Å². The third-order valence-corrected chi connectivity index (χ3v) is 1.73. The number of nitrogens with zero attached hydrogens (tertiary/aromatic N) is 1. The van der Waals surface area contributed by atoms with E-state index in [9.17, 15) is 4.39 Å². The normalized spacial score (nSPS) is 33.2. The quantitative estimate of drug-likeness (QED) is 0.553. The lowest BCUT2D eigenvalue weighted by Gasteiger charge is -2.23. The fourth-order valence-electron chi connectivity index (χ4n) is 1.07. The second-order valence-corrected chi connectivity index (χ2v) is 2.50.